The Morgan fingerprint density at radius 1 is 1.26 bits per heavy atom. The third-order valence-corrected chi connectivity index (χ3v) is 4.05. The van der Waals surface area contributed by atoms with E-state index in [1.165, 1.54) is 0 Å². The zero-order valence-electron chi connectivity index (χ0n) is 9.89. The molecule has 1 aromatic carbocycles. The van der Waals surface area contributed by atoms with E-state index in [1.807, 2.05) is 0 Å². The van der Waals surface area contributed by atoms with Crippen molar-refractivity contribution < 1.29 is 27.3 Å². The van der Waals surface area contributed by atoms with Gasteiger partial charge in [-0.1, -0.05) is 30.3 Å². The Morgan fingerprint density at radius 3 is 2.32 bits per heavy atom. The predicted octanol–water partition coefficient (Wildman–Crippen LogP) is 2.38. The third-order valence-electron chi connectivity index (χ3n) is 2.44. The van der Waals surface area contributed by atoms with E-state index in [-0.39, 0.29) is 6.42 Å². The van der Waals surface area contributed by atoms with Crippen LogP contribution in [0.25, 0.3) is 0 Å². The highest BCUT2D eigenvalue weighted by Crippen LogP contribution is 2.21. The van der Waals surface area contributed by atoms with Crippen LogP contribution in [0.4, 0.5) is 13.2 Å². The summed E-state index contributed by atoms with van der Waals surface area (Å²) >= 11 is 0. The first-order valence-corrected chi connectivity index (χ1v) is 6.88. The van der Waals surface area contributed by atoms with Crippen LogP contribution in [0.1, 0.15) is 12.0 Å². The Bertz CT molecular complexity index is 445. The van der Waals surface area contributed by atoms with Gasteiger partial charge in [0.05, 0.1) is 6.42 Å². The van der Waals surface area contributed by atoms with Crippen LogP contribution in [0.15, 0.2) is 30.3 Å². The van der Waals surface area contributed by atoms with E-state index in [9.17, 15) is 22.2 Å². The molecule has 7 heteroatoms. The highest BCUT2D eigenvalue weighted by atomic mass is 32.2. The second-order valence-corrected chi connectivity index (χ2v) is 5.71. The lowest BCUT2D eigenvalue weighted by Gasteiger charge is -2.13. The largest absolute Gasteiger partial charge is 0.480 e. The molecular weight excluding hydrogens is 281 g/mol. The average molecular weight is 294 g/mol. The van der Waals surface area contributed by atoms with Gasteiger partial charge in [-0.2, -0.15) is 13.2 Å². The summed E-state index contributed by atoms with van der Waals surface area (Å²) in [5.74, 6) is -2.03. The minimum atomic E-state index is -4.43. The monoisotopic (exact) mass is 294 g/mol. The zero-order chi connectivity index (χ0) is 14.5. The standard InChI is InChI=1S/C12H13F3O3S/c13-12(14,15)6-7-19(18)10(11(16)17)8-9-4-2-1-3-5-9/h1-5,10H,6-8H2,(H,16,17). The summed E-state index contributed by atoms with van der Waals surface area (Å²) in [6, 6.07) is 8.41. The first-order valence-electron chi connectivity index (χ1n) is 5.50. The molecule has 2 unspecified atom stereocenters. The Morgan fingerprint density at radius 2 is 1.84 bits per heavy atom. The summed E-state index contributed by atoms with van der Waals surface area (Å²) in [7, 11) is -2.05. The number of hydrogen-bond donors (Lipinski definition) is 1. The maximum absolute atomic E-state index is 12.0. The molecule has 0 heterocycles. The SMILES string of the molecule is O=C(O)C(Cc1ccccc1)S(=O)CCC(F)(F)F. The van der Waals surface area contributed by atoms with Crippen LogP contribution in [-0.4, -0.2) is 32.5 Å². The summed E-state index contributed by atoms with van der Waals surface area (Å²) in [5, 5.41) is 7.65. The van der Waals surface area contributed by atoms with E-state index in [4.69, 9.17) is 5.11 Å². The summed E-state index contributed by atoms with van der Waals surface area (Å²) in [5.41, 5.74) is 0.634. The van der Waals surface area contributed by atoms with Crippen LogP contribution in [0.5, 0.6) is 0 Å². The highest BCUT2D eigenvalue weighted by molar-refractivity contribution is 7.86. The molecule has 3 nitrogen and oxygen atoms in total. The van der Waals surface area contributed by atoms with Gasteiger partial charge >= 0.3 is 12.1 Å². The molecule has 0 saturated heterocycles. The number of aliphatic carboxylic acids is 1. The molecule has 0 aliphatic carbocycles. The van der Waals surface area contributed by atoms with E-state index in [1.54, 1.807) is 30.3 Å². The number of alkyl halides is 3. The van der Waals surface area contributed by atoms with Crippen LogP contribution in [-0.2, 0) is 22.0 Å². The predicted molar refractivity (Wildman–Crippen MR) is 65.3 cm³/mol. The lowest BCUT2D eigenvalue weighted by molar-refractivity contribution is -0.137. The molecule has 1 N–H and O–H groups in total. The molecule has 0 radical (unpaired) electrons. The molecule has 0 aromatic heterocycles. The average Bonchev–Trinajstić information content (AvgIpc) is 2.33. The van der Waals surface area contributed by atoms with Gasteiger partial charge in [-0.3, -0.25) is 9.00 Å². The number of benzene rings is 1. The van der Waals surface area contributed by atoms with Crippen LogP contribution < -0.4 is 0 Å². The number of rotatable bonds is 6. The second kappa shape index (κ2) is 6.70. The summed E-state index contributed by atoms with van der Waals surface area (Å²) in [6.07, 6.45) is -5.70. The quantitative estimate of drug-likeness (QED) is 0.876. The number of hydrogen-bond acceptors (Lipinski definition) is 2. The Kier molecular flexibility index (Phi) is 5.53. The minimum absolute atomic E-state index is 0.0410. The van der Waals surface area contributed by atoms with Crippen molar-refractivity contribution in [2.24, 2.45) is 0 Å². The van der Waals surface area contributed by atoms with Crippen molar-refractivity contribution in [3.05, 3.63) is 35.9 Å². The lowest BCUT2D eigenvalue weighted by atomic mass is 10.1. The van der Waals surface area contributed by atoms with Crippen molar-refractivity contribution in [3.8, 4) is 0 Å². The fraction of sp³-hybridized carbons (Fsp3) is 0.417. The smallest absolute Gasteiger partial charge is 0.390 e. The summed E-state index contributed by atoms with van der Waals surface area (Å²) in [6.45, 7) is 0. The molecule has 1 aromatic rings. The molecule has 0 saturated carbocycles. The van der Waals surface area contributed by atoms with Crippen LogP contribution >= 0.6 is 0 Å². The molecule has 0 fully saturated rings. The minimum Gasteiger partial charge on any atom is -0.480 e. The number of carbonyl (C=O) groups is 1. The van der Waals surface area contributed by atoms with Crippen molar-refractivity contribution in [1.29, 1.82) is 0 Å². The lowest BCUT2D eigenvalue weighted by Crippen LogP contribution is -2.30. The molecule has 19 heavy (non-hydrogen) atoms. The van der Waals surface area contributed by atoms with Crippen molar-refractivity contribution in [2.45, 2.75) is 24.3 Å². The summed E-state index contributed by atoms with van der Waals surface area (Å²) in [4.78, 5) is 11.0. The maximum atomic E-state index is 12.0. The van der Waals surface area contributed by atoms with Gasteiger partial charge in [0.1, 0.15) is 5.25 Å². The molecule has 106 valence electrons. The van der Waals surface area contributed by atoms with Gasteiger partial charge in [0.2, 0.25) is 0 Å². The van der Waals surface area contributed by atoms with Gasteiger partial charge in [0.15, 0.2) is 0 Å². The molecule has 1 rings (SSSR count). The fourth-order valence-electron chi connectivity index (χ4n) is 1.48. The van der Waals surface area contributed by atoms with E-state index >= 15 is 0 Å². The van der Waals surface area contributed by atoms with Gasteiger partial charge in [0, 0.05) is 16.6 Å². The third kappa shape index (κ3) is 5.87. The van der Waals surface area contributed by atoms with Crippen LogP contribution in [0.2, 0.25) is 0 Å². The van der Waals surface area contributed by atoms with E-state index in [0.717, 1.165) is 0 Å². The van der Waals surface area contributed by atoms with Crippen molar-refractivity contribution in [3.63, 3.8) is 0 Å². The van der Waals surface area contributed by atoms with Gasteiger partial charge in [-0.25, -0.2) is 0 Å². The number of carboxylic acid groups (broad SMARTS) is 1. The normalized spacial score (nSPS) is 14.9. The molecule has 0 bridgehead atoms. The topological polar surface area (TPSA) is 54.4 Å². The highest BCUT2D eigenvalue weighted by Gasteiger charge is 2.31. The van der Waals surface area contributed by atoms with Gasteiger partial charge < -0.3 is 5.11 Å². The van der Waals surface area contributed by atoms with Crippen molar-refractivity contribution in [1.82, 2.24) is 0 Å². The number of halogens is 3. The van der Waals surface area contributed by atoms with E-state index < -0.39 is 40.4 Å². The fourth-order valence-corrected chi connectivity index (χ4v) is 2.80. The van der Waals surface area contributed by atoms with Crippen molar-refractivity contribution >= 4 is 16.8 Å². The van der Waals surface area contributed by atoms with Crippen LogP contribution in [0.3, 0.4) is 0 Å². The maximum Gasteiger partial charge on any atom is 0.390 e. The Hall–Kier alpha value is -1.37. The summed E-state index contributed by atoms with van der Waals surface area (Å²) < 4.78 is 47.7. The molecule has 0 aliphatic rings. The van der Waals surface area contributed by atoms with Gasteiger partial charge in [-0.05, 0) is 12.0 Å². The second-order valence-electron chi connectivity index (χ2n) is 3.97. The van der Waals surface area contributed by atoms with Crippen LogP contribution in [0, 0.1) is 0 Å². The molecule has 0 amide bonds. The molecule has 2 atom stereocenters. The van der Waals surface area contributed by atoms with E-state index in [2.05, 4.69) is 0 Å². The molecule has 0 spiro atoms. The molecular formula is C12H13F3O3S. The van der Waals surface area contributed by atoms with Gasteiger partial charge in [-0.15, -0.1) is 0 Å². The zero-order valence-corrected chi connectivity index (χ0v) is 10.7. The Labute approximate surface area is 110 Å². The number of carboxylic acids is 1. The van der Waals surface area contributed by atoms with Gasteiger partial charge in [0.25, 0.3) is 0 Å². The molecule has 0 aliphatic heterocycles. The Balaban J connectivity index is 2.68. The van der Waals surface area contributed by atoms with Crippen molar-refractivity contribution in [2.75, 3.05) is 5.75 Å². The first-order chi connectivity index (χ1) is 8.79. The van der Waals surface area contributed by atoms with E-state index in [0.29, 0.717) is 5.56 Å². The first kappa shape index (κ1) is 15.7.